The fourth-order valence-corrected chi connectivity index (χ4v) is 7.60. The zero-order chi connectivity index (χ0) is 29.0. The van der Waals surface area contributed by atoms with Crippen LogP contribution in [0.3, 0.4) is 0 Å². The predicted octanol–water partition coefficient (Wildman–Crippen LogP) is 9.63. The van der Waals surface area contributed by atoms with Crippen LogP contribution in [0.2, 0.25) is 15.1 Å². The Bertz CT molecular complexity index is 1300. The van der Waals surface area contributed by atoms with Gasteiger partial charge in [-0.15, -0.1) is 0 Å². The number of alkyl halides is 3. The summed E-state index contributed by atoms with van der Waals surface area (Å²) in [4.78, 5) is 17.6. The van der Waals surface area contributed by atoms with E-state index in [9.17, 15) is 14.3 Å². The second-order valence-corrected chi connectivity index (χ2v) is 13.0. The Balaban J connectivity index is 2.11. The van der Waals surface area contributed by atoms with E-state index in [0.29, 0.717) is 12.8 Å². The smallest absolute Gasteiger partial charge is 0.401 e. The highest BCUT2D eigenvalue weighted by atomic mass is 79.9. The molecule has 0 saturated heterocycles. The molecule has 2 aliphatic rings. The monoisotopic (exact) mass is 669 g/mol. The van der Waals surface area contributed by atoms with Gasteiger partial charge in [-0.3, -0.25) is 9.79 Å². The van der Waals surface area contributed by atoms with Crippen molar-refractivity contribution < 1.29 is 27.5 Å². The van der Waals surface area contributed by atoms with Crippen molar-refractivity contribution in [3.63, 3.8) is 0 Å². The van der Waals surface area contributed by atoms with Crippen LogP contribution in [-0.4, -0.2) is 29.0 Å². The normalized spacial score (nSPS) is 29.5. The first kappa shape index (κ1) is 30.6. The Morgan fingerprint density at radius 3 is 2.26 bits per heavy atom. The molecule has 6 atom stereocenters. The van der Waals surface area contributed by atoms with Crippen molar-refractivity contribution in [2.75, 3.05) is 0 Å². The highest BCUT2D eigenvalue weighted by molar-refractivity contribution is 9.10. The number of carboxylic acid groups (broad SMARTS) is 1. The summed E-state index contributed by atoms with van der Waals surface area (Å²) in [5, 5.41) is 9.94. The lowest BCUT2D eigenvalue weighted by Crippen LogP contribution is -2.59. The van der Waals surface area contributed by atoms with Crippen LogP contribution >= 0.6 is 50.7 Å². The highest BCUT2D eigenvalue weighted by Crippen LogP contribution is 2.60. The first-order valence-electron chi connectivity index (χ1n) is 12.6. The number of aliphatic carboxylic acids is 1. The number of aliphatic imine (C=N–C) groups is 1. The van der Waals surface area contributed by atoms with Crippen LogP contribution in [0.15, 0.2) is 39.8 Å². The SMILES string of the molecule is CC(C)C1CC[C@@H](C)C[C@H]1[C@@H]1N=C(c2ccc(F)c(Br)c2)C(C(=O)O)C1(c1cc(Cl)c(Cl)c(Cl)c1)C(F)(F)F. The molecule has 4 rings (SSSR count). The molecule has 2 aromatic rings. The Kier molecular flexibility index (Phi) is 8.75. The summed E-state index contributed by atoms with van der Waals surface area (Å²) in [5.74, 6) is -5.07. The topological polar surface area (TPSA) is 49.7 Å². The summed E-state index contributed by atoms with van der Waals surface area (Å²) in [6.45, 7) is 5.91. The molecule has 1 saturated carbocycles. The maximum absolute atomic E-state index is 15.8. The number of nitrogens with zero attached hydrogens (tertiary/aromatic N) is 1. The Morgan fingerprint density at radius 2 is 1.74 bits per heavy atom. The summed E-state index contributed by atoms with van der Waals surface area (Å²) in [7, 11) is 0. The van der Waals surface area contributed by atoms with Crippen molar-refractivity contribution in [3.8, 4) is 0 Å². The van der Waals surface area contributed by atoms with Crippen LogP contribution < -0.4 is 0 Å². The van der Waals surface area contributed by atoms with Crippen molar-refractivity contribution in [2.24, 2.45) is 34.6 Å². The van der Waals surface area contributed by atoms with E-state index < -0.39 is 46.8 Å². The first-order valence-corrected chi connectivity index (χ1v) is 14.5. The van der Waals surface area contributed by atoms with Crippen molar-refractivity contribution in [1.29, 1.82) is 0 Å². The fraction of sp³-hybridized carbons (Fsp3) is 0.500. The van der Waals surface area contributed by atoms with E-state index in [1.54, 1.807) is 0 Å². The van der Waals surface area contributed by atoms with E-state index in [2.05, 4.69) is 20.9 Å². The molecule has 1 heterocycles. The molecule has 1 N–H and O–H groups in total. The Morgan fingerprint density at radius 1 is 1.13 bits per heavy atom. The summed E-state index contributed by atoms with van der Waals surface area (Å²) >= 11 is 21.7. The second-order valence-electron chi connectivity index (χ2n) is 11.0. The van der Waals surface area contributed by atoms with Gasteiger partial charge < -0.3 is 5.11 Å². The van der Waals surface area contributed by atoms with Crippen LogP contribution in [0.5, 0.6) is 0 Å². The maximum atomic E-state index is 15.8. The Labute approximate surface area is 248 Å². The third kappa shape index (κ3) is 5.24. The number of halogens is 8. The van der Waals surface area contributed by atoms with E-state index in [1.807, 2.05) is 20.8 Å². The average Bonchev–Trinajstić information content (AvgIpc) is 3.21. The van der Waals surface area contributed by atoms with Gasteiger partial charge in [0.25, 0.3) is 0 Å². The summed E-state index contributed by atoms with van der Waals surface area (Å²) in [6.07, 6.45) is -3.10. The standard InChI is InChI=1S/C28H27BrCl3F4NO2/c1-12(2)16-6-4-13(3)8-17(16)25-27(28(34,35)36,15-10-19(30)23(32)20(31)11-15)22(26(38)39)24(37-25)14-5-7-21(33)18(29)9-14/h5,7,9-13,16-17,22,25H,4,6,8H2,1-3H3,(H,38,39)/t13-,16?,17-,22?,25+,27?/m1/s1. The van der Waals surface area contributed by atoms with E-state index in [0.717, 1.165) is 24.6 Å². The molecule has 0 amide bonds. The molecule has 3 unspecified atom stereocenters. The summed E-state index contributed by atoms with van der Waals surface area (Å²) in [5.41, 5.74) is -3.61. The average molecular weight is 672 g/mol. The fourth-order valence-electron chi connectivity index (χ4n) is 6.62. The zero-order valence-corrected chi connectivity index (χ0v) is 25.2. The Hall–Kier alpha value is -1.35. The van der Waals surface area contributed by atoms with Gasteiger partial charge >= 0.3 is 12.1 Å². The van der Waals surface area contributed by atoms with Crippen LogP contribution in [0.4, 0.5) is 17.6 Å². The van der Waals surface area contributed by atoms with Crippen LogP contribution in [0.25, 0.3) is 0 Å². The molecular formula is C28H27BrCl3F4NO2. The van der Waals surface area contributed by atoms with Gasteiger partial charge in [-0.2, -0.15) is 13.2 Å². The van der Waals surface area contributed by atoms with Gasteiger partial charge in [0.2, 0.25) is 0 Å². The largest absolute Gasteiger partial charge is 0.481 e. The van der Waals surface area contributed by atoms with Gasteiger partial charge in [0.1, 0.15) is 17.2 Å². The lowest BCUT2D eigenvalue weighted by atomic mass is 9.57. The quantitative estimate of drug-likeness (QED) is 0.254. The molecule has 1 aliphatic carbocycles. The second kappa shape index (κ2) is 11.1. The number of rotatable bonds is 5. The van der Waals surface area contributed by atoms with E-state index in [-0.39, 0.29) is 48.6 Å². The molecule has 212 valence electrons. The molecular weight excluding hydrogens is 645 g/mol. The zero-order valence-electron chi connectivity index (χ0n) is 21.3. The molecule has 2 aromatic carbocycles. The van der Waals surface area contributed by atoms with Crippen LogP contribution in [0, 0.1) is 35.4 Å². The van der Waals surface area contributed by atoms with E-state index in [4.69, 9.17) is 34.8 Å². The van der Waals surface area contributed by atoms with Crippen molar-refractivity contribution >= 4 is 62.4 Å². The van der Waals surface area contributed by atoms with Gasteiger partial charge in [-0.05, 0) is 87.8 Å². The number of carbonyl (C=O) groups is 1. The third-order valence-electron chi connectivity index (χ3n) is 8.35. The van der Waals surface area contributed by atoms with Crippen molar-refractivity contribution in [2.45, 2.75) is 57.7 Å². The van der Waals surface area contributed by atoms with Gasteiger partial charge in [0, 0.05) is 0 Å². The third-order valence-corrected chi connectivity index (χ3v) is 10.2. The molecule has 0 bridgehead atoms. The van der Waals surface area contributed by atoms with E-state index >= 15 is 13.2 Å². The van der Waals surface area contributed by atoms with Gasteiger partial charge in [0.05, 0.1) is 31.3 Å². The number of hydrogen-bond acceptors (Lipinski definition) is 2. The predicted molar refractivity (Wildman–Crippen MR) is 150 cm³/mol. The summed E-state index contributed by atoms with van der Waals surface area (Å²) in [6, 6.07) is 4.20. The minimum absolute atomic E-state index is 0.0168. The van der Waals surface area contributed by atoms with Crippen molar-refractivity contribution in [3.05, 3.63) is 66.8 Å². The van der Waals surface area contributed by atoms with E-state index in [1.165, 1.54) is 12.1 Å². The highest BCUT2D eigenvalue weighted by Gasteiger charge is 2.72. The molecule has 11 heteroatoms. The number of hydrogen-bond donors (Lipinski definition) is 1. The van der Waals surface area contributed by atoms with Crippen LogP contribution in [0.1, 0.15) is 51.2 Å². The van der Waals surface area contributed by atoms with Gasteiger partial charge in [-0.25, -0.2) is 4.39 Å². The van der Waals surface area contributed by atoms with Gasteiger partial charge in [-0.1, -0.05) is 68.1 Å². The molecule has 0 spiro atoms. The minimum atomic E-state index is -5.09. The maximum Gasteiger partial charge on any atom is 0.401 e. The molecule has 3 nitrogen and oxygen atoms in total. The molecule has 1 aliphatic heterocycles. The molecule has 0 aromatic heterocycles. The number of carboxylic acids is 1. The molecule has 39 heavy (non-hydrogen) atoms. The molecule has 1 fully saturated rings. The van der Waals surface area contributed by atoms with Crippen molar-refractivity contribution in [1.82, 2.24) is 0 Å². The lowest BCUT2D eigenvalue weighted by Gasteiger charge is -2.48. The molecule has 0 radical (unpaired) electrons. The first-order chi connectivity index (χ1) is 18.1. The number of benzene rings is 2. The lowest BCUT2D eigenvalue weighted by molar-refractivity contribution is -0.214. The van der Waals surface area contributed by atoms with Crippen LogP contribution in [-0.2, 0) is 10.2 Å². The summed E-state index contributed by atoms with van der Waals surface area (Å²) < 4.78 is 61.5. The minimum Gasteiger partial charge on any atom is -0.481 e. The van der Waals surface area contributed by atoms with Gasteiger partial charge in [0.15, 0.2) is 0 Å².